The summed E-state index contributed by atoms with van der Waals surface area (Å²) in [6.45, 7) is 1.78. The Balaban J connectivity index is 1.66. The molecule has 130 valence electrons. The van der Waals surface area contributed by atoms with Gasteiger partial charge in [-0.3, -0.25) is 4.79 Å². The van der Waals surface area contributed by atoms with Crippen LogP contribution < -0.4 is 0 Å². The van der Waals surface area contributed by atoms with Crippen molar-refractivity contribution in [2.24, 2.45) is 0 Å². The van der Waals surface area contributed by atoms with Gasteiger partial charge in [-0.05, 0) is 36.6 Å². The number of benzene rings is 2. The zero-order valence-corrected chi connectivity index (χ0v) is 14.3. The van der Waals surface area contributed by atoms with Gasteiger partial charge in [0.25, 0.3) is 5.91 Å². The molecule has 1 amide bonds. The van der Waals surface area contributed by atoms with Gasteiger partial charge in [0.15, 0.2) is 0 Å². The van der Waals surface area contributed by atoms with Gasteiger partial charge in [0.1, 0.15) is 11.0 Å². The quantitative estimate of drug-likeness (QED) is 0.685. The minimum absolute atomic E-state index is 0.00462. The molecule has 0 aliphatic carbocycles. The van der Waals surface area contributed by atoms with Crippen LogP contribution in [0.2, 0.25) is 0 Å². The molecule has 25 heavy (non-hydrogen) atoms. The molecule has 2 aromatic carbocycles. The van der Waals surface area contributed by atoms with Crippen LogP contribution in [0.3, 0.4) is 0 Å². The molecule has 0 bridgehead atoms. The maximum Gasteiger partial charge on any atom is 0.254 e. The van der Waals surface area contributed by atoms with Crippen LogP contribution in [0.1, 0.15) is 22.3 Å². The Labute approximate surface area is 146 Å². The normalized spacial score (nSPS) is 10.9. The molecule has 0 saturated carbocycles. The van der Waals surface area contributed by atoms with E-state index in [0.29, 0.717) is 30.8 Å². The second-order valence-corrected chi connectivity index (χ2v) is 5.90. The van der Waals surface area contributed by atoms with E-state index in [0.717, 1.165) is 18.4 Å². The number of aryl methyl sites for hydroxylation is 1. The molecule has 0 fully saturated rings. The first kappa shape index (κ1) is 17.1. The van der Waals surface area contributed by atoms with Gasteiger partial charge < -0.3 is 9.64 Å². The Kier molecular flexibility index (Phi) is 5.74. The van der Waals surface area contributed by atoms with Gasteiger partial charge >= 0.3 is 0 Å². The lowest BCUT2D eigenvalue weighted by atomic mass is 10.1. The van der Waals surface area contributed by atoms with Crippen molar-refractivity contribution in [2.45, 2.75) is 12.8 Å². The van der Waals surface area contributed by atoms with Gasteiger partial charge in [0.05, 0.1) is 6.61 Å². The van der Waals surface area contributed by atoms with Gasteiger partial charge in [0.2, 0.25) is 0 Å². The van der Waals surface area contributed by atoms with E-state index < -0.39 is 0 Å². The number of hydrogen-bond donors (Lipinski definition) is 1. The Hall–Kier alpha value is -2.73. The van der Waals surface area contributed by atoms with Gasteiger partial charge in [0, 0.05) is 25.8 Å². The average molecular weight is 338 g/mol. The average Bonchev–Trinajstić information content (AvgIpc) is 3.12. The van der Waals surface area contributed by atoms with Crippen molar-refractivity contribution in [2.75, 3.05) is 26.8 Å². The van der Waals surface area contributed by atoms with Crippen LogP contribution >= 0.6 is 0 Å². The summed E-state index contributed by atoms with van der Waals surface area (Å²) in [5, 5.41) is 10.6. The number of aromatic nitrogens is 3. The molecule has 0 aliphatic rings. The number of H-pyrrole nitrogens is 1. The second-order valence-electron chi connectivity index (χ2n) is 5.90. The number of amides is 1. The molecule has 6 heteroatoms. The maximum atomic E-state index is 12.9. The van der Waals surface area contributed by atoms with E-state index in [9.17, 15) is 4.79 Å². The molecule has 0 spiro atoms. The minimum Gasteiger partial charge on any atom is -0.383 e. The van der Waals surface area contributed by atoms with E-state index in [4.69, 9.17) is 4.74 Å². The number of methoxy groups -OCH3 is 1. The summed E-state index contributed by atoms with van der Waals surface area (Å²) in [6, 6.07) is 15.7. The predicted octanol–water partition coefficient (Wildman–Crippen LogP) is 2.68. The topological polar surface area (TPSA) is 71.1 Å². The zero-order chi connectivity index (χ0) is 17.5. The van der Waals surface area contributed by atoms with Gasteiger partial charge in [-0.2, -0.15) is 15.4 Å². The van der Waals surface area contributed by atoms with Gasteiger partial charge in [-0.1, -0.05) is 30.3 Å². The lowest BCUT2D eigenvalue weighted by molar-refractivity contribution is 0.0693. The van der Waals surface area contributed by atoms with Crippen molar-refractivity contribution in [3.63, 3.8) is 0 Å². The highest BCUT2D eigenvalue weighted by atomic mass is 16.5. The molecular weight excluding hydrogens is 316 g/mol. The minimum atomic E-state index is -0.00462. The van der Waals surface area contributed by atoms with E-state index in [1.807, 2.05) is 29.2 Å². The fraction of sp³-hybridized carbons (Fsp3) is 0.316. The Morgan fingerprint density at radius 1 is 1.08 bits per heavy atom. The number of carbonyl (C=O) groups excluding carboxylic acids is 1. The maximum absolute atomic E-state index is 12.9. The Morgan fingerprint density at radius 2 is 1.88 bits per heavy atom. The van der Waals surface area contributed by atoms with Crippen LogP contribution in [0.25, 0.3) is 11.0 Å². The lowest BCUT2D eigenvalue weighted by Crippen LogP contribution is -2.35. The van der Waals surface area contributed by atoms with Crippen molar-refractivity contribution in [1.82, 2.24) is 20.3 Å². The number of aromatic amines is 1. The molecule has 0 saturated heterocycles. The van der Waals surface area contributed by atoms with Crippen molar-refractivity contribution >= 4 is 16.9 Å². The first-order valence-corrected chi connectivity index (χ1v) is 8.40. The monoisotopic (exact) mass is 338 g/mol. The largest absolute Gasteiger partial charge is 0.383 e. The zero-order valence-electron chi connectivity index (χ0n) is 14.3. The summed E-state index contributed by atoms with van der Waals surface area (Å²) >= 11 is 0. The fourth-order valence-electron chi connectivity index (χ4n) is 2.79. The fourth-order valence-corrected chi connectivity index (χ4v) is 2.79. The Bertz CT molecular complexity index is 816. The highest BCUT2D eigenvalue weighted by Gasteiger charge is 2.16. The number of fused-ring (bicyclic) bond motifs is 1. The lowest BCUT2D eigenvalue weighted by Gasteiger charge is -2.22. The van der Waals surface area contributed by atoms with Crippen LogP contribution in [-0.2, 0) is 11.2 Å². The number of hydrogen-bond acceptors (Lipinski definition) is 4. The summed E-state index contributed by atoms with van der Waals surface area (Å²) < 4.78 is 5.16. The van der Waals surface area contributed by atoms with Crippen molar-refractivity contribution in [3.8, 4) is 0 Å². The SMILES string of the molecule is COCCN(CCCc1ccccc1)C(=O)c1ccc2n[nH]nc2c1. The first-order valence-electron chi connectivity index (χ1n) is 8.40. The number of rotatable bonds is 8. The molecule has 1 aromatic heterocycles. The van der Waals surface area contributed by atoms with E-state index in [1.54, 1.807) is 19.2 Å². The smallest absolute Gasteiger partial charge is 0.254 e. The number of ether oxygens (including phenoxy) is 1. The summed E-state index contributed by atoms with van der Waals surface area (Å²) in [6.07, 6.45) is 1.85. The molecule has 3 rings (SSSR count). The highest BCUT2D eigenvalue weighted by molar-refractivity contribution is 5.97. The number of carbonyl (C=O) groups is 1. The summed E-state index contributed by atoms with van der Waals surface area (Å²) in [5.41, 5.74) is 3.36. The standard InChI is InChI=1S/C19H22N4O2/c1-25-13-12-23(11-5-8-15-6-3-2-4-7-15)19(24)16-9-10-17-18(14-16)21-22-20-17/h2-4,6-7,9-10,14H,5,8,11-13H2,1H3,(H,20,21,22). The summed E-state index contributed by atoms with van der Waals surface area (Å²) in [5.74, 6) is -0.00462. The van der Waals surface area contributed by atoms with Gasteiger partial charge in [-0.25, -0.2) is 0 Å². The number of nitrogens with one attached hydrogen (secondary N) is 1. The Morgan fingerprint density at radius 3 is 2.68 bits per heavy atom. The van der Waals surface area contributed by atoms with Crippen LogP contribution in [-0.4, -0.2) is 53.0 Å². The van der Waals surface area contributed by atoms with E-state index in [-0.39, 0.29) is 5.91 Å². The van der Waals surface area contributed by atoms with Crippen molar-refractivity contribution < 1.29 is 9.53 Å². The first-order chi connectivity index (χ1) is 12.3. The van der Waals surface area contributed by atoms with E-state index in [1.165, 1.54) is 5.56 Å². The molecule has 1 heterocycles. The number of nitrogens with zero attached hydrogens (tertiary/aromatic N) is 3. The summed E-state index contributed by atoms with van der Waals surface area (Å²) in [4.78, 5) is 14.7. The molecule has 0 aliphatic heterocycles. The third-order valence-corrected chi connectivity index (χ3v) is 4.15. The molecule has 0 unspecified atom stereocenters. The van der Waals surface area contributed by atoms with E-state index >= 15 is 0 Å². The molecule has 0 atom stereocenters. The molecule has 3 aromatic rings. The highest BCUT2D eigenvalue weighted by Crippen LogP contribution is 2.13. The molecule has 1 N–H and O–H groups in total. The van der Waals surface area contributed by atoms with Crippen LogP contribution in [0.15, 0.2) is 48.5 Å². The van der Waals surface area contributed by atoms with E-state index in [2.05, 4.69) is 27.5 Å². The van der Waals surface area contributed by atoms with Crippen molar-refractivity contribution in [1.29, 1.82) is 0 Å². The van der Waals surface area contributed by atoms with Crippen LogP contribution in [0.4, 0.5) is 0 Å². The molecular formula is C19H22N4O2. The van der Waals surface area contributed by atoms with Gasteiger partial charge in [-0.15, -0.1) is 0 Å². The molecule has 6 nitrogen and oxygen atoms in total. The summed E-state index contributed by atoms with van der Waals surface area (Å²) in [7, 11) is 1.65. The van der Waals surface area contributed by atoms with Crippen LogP contribution in [0, 0.1) is 0 Å². The third-order valence-electron chi connectivity index (χ3n) is 4.15. The molecule has 0 radical (unpaired) electrons. The van der Waals surface area contributed by atoms with Crippen LogP contribution in [0.5, 0.6) is 0 Å². The van der Waals surface area contributed by atoms with Crippen molar-refractivity contribution in [3.05, 3.63) is 59.7 Å². The predicted molar refractivity (Wildman–Crippen MR) is 96.4 cm³/mol. The second kappa shape index (κ2) is 8.39. The third kappa shape index (κ3) is 4.42.